The maximum absolute atomic E-state index is 11.8. The van der Waals surface area contributed by atoms with Gasteiger partial charge in [-0.2, -0.15) is 4.99 Å². The first kappa shape index (κ1) is 16.6. The standard InChI is InChI=1S/C14H17N3O3S2/c1-3-5-13(18)16-14-17(8-4-2)11-7-6-10(22(15,19)20)9-12(11)21-14/h4,6-7,9H,2-3,5,8H2,1H3,(H2,15,19,20). The van der Waals surface area contributed by atoms with Crippen molar-refractivity contribution in [2.75, 3.05) is 0 Å². The normalized spacial score (nSPS) is 12.7. The van der Waals surface area contributed by atoms with Crippen LogP contribution in [-0.2, 0) is 21.4 Å². The Labute approximate surface area is 132 Å². The third-order valence-electron chi connectivity index (χ3n) is 2.98. The first-order chi connectivity index (χ1) is 10.4. The molecule has 6 nitrogen and oxygen atoms in total. The van der Waals surface area contributed by atoms with E-state index in [1.807, 2.05) is 11.5 Å². The van der Waals surface area contributed by atoms with Gasteiger partial charge in [-0.3, -0.25) is 4.79 Å². The molecular weight excluding hydrogens is 322 g/mol. The first-order valence-electron chi connectivity index (χ1n) is 6.71. The molecule has 0 saturated heterocycles. The monoisotopic (exact) mass is 339 g/mol. The lowest BCUT2D eigenvalue weighted by atomic mass is 10.3. The van der Waals surface area contributed by atoms with Crippen LogP contribution in [0.4, 0.5) is 0 Å². The van der Waals surface area contributed by atoms with Gasteiger partial charge >= 0.3 is 0 Å². The number of nitrogens with zero attached hydrogens (tertiary/aromatic N) is 2. The van der Waals surface area contributed by atoms with Gasteiger partial charge in [-0.15, -0.1) is 6.58 Å². The van der Waals surface area contributed by atoms with Crippen molar-refractivity contribution in [1.29, 1.82) is 0 Å². The smallest absolute Gasteiger partial charge is 0.248 e. The fraction of sp³-hybridized carbons (Fsp3) is 0.286. The Morgan fingerprint density at radius 2 is 2.23 bits per heavy atom. The van der Waals surface area contributed by atoms with Crippen LogP contribution in [0.15, 0.2) is 40.7 Å². The molecule has 2 rings (SSSR count). The number of fused-ring (bicyclic) bond motifs is 1. The highest BCUT2D eigenvalue weighted by atomic mass is 32.2. The number of carbonyl (C=O) groups is 1. The molecule has 0 aliphatic heterocycles. The fourth-order valence-electron chi connectivity index (χ4n) is 2.00. The van der Waals surface area contributed by atoms with Crippen molar-refractivity contribution >= 4 is 37.5 Å². The third-order valence-corrected chi connectivity index (χ3v) is 4.93. The van der Waals surface area contributed by atoms with E-state index in [9.17, 15) is 13.2 Å². The number of hydrogen-bond acceptors (Lipinski definition) is 4. The fourth-order valence-corrected chi connectivity index (χ4v) is 3.71. The van der Waals surface area contributed by atoms with E-state index in [1.165, 1.54) is 23.5 Å². The van der Waals surface area contributed by atoms with Crippen LogP contribution in [0.2, 0.25) is 0 Å². The number of primary sulfonamides is 1. The number of carbonyl (C=O) groups excluding carboxylic acids is 1. The Morgan fingerprint density at radius 3 is 2.82 bits per heavy atom. The zero-order valence-electron chi connectivity index (χ0n) is 12.2. The topological polar surface area (TPSA) is 94.5 Å². The predicted octanol–water partition coefficient (Wildman–Crippen LogP) is 1.76. The van der Waals surface area contributed by atoms with Gasteiger partial charge in [-0.1, -0.05) is 24.3 Å². The average Bonchev–Trinajstić information content (AvgIpc) is 2.75. The zero-order chi connectivity index (χ0) is 16.3. The Kier molecular flexibility index (Phi) is 4.94. The molecule has 0 aliphatic rings. The minimum absolute atomic E-state index is 0.0402. The highest BCUT2D eigenvalue weighted by molar-refractivity contribution is 7.89. The molecule has 0 spiro atoms. The van der Waals surface area contributed by atoms with Crippen LogP contribution in [0.25, 0.3) is 10.2 Å². The molecule has 0 unspecified atom stereocenters. The third kappa shape index (κ3) is 3.52. The molecule has 0 aliphatic carbocycles. The Morgan fingerprint density at radius 1 is 1.50 bits per heavy atom. The lowest BCUT2D eigenvalue weighted by molar-refractivity contribution is -0.118. The second-order valence-corrected chi connectivity index (χ2v) is 7.28. The van der Waals surface area contributed by atoms with E-state index in [1.54, 1.807) is 12.1 Å². The van der Waals surface area contributed by atoms with E-state index in [-0.39, 0.29) is 10.8 Å². The summed E-state index contributed by atoms with van der Waals surface area (Å²) < 4.78 is 25.4. The van der Waals surface area contributed by atoms with E-state index in [0.29, 0.717) is 22.5 Å². The molecule has 2 N–H and O–H groups in total. The number of rotatable bonds is 5. The van der Waals surface area contributed by atoms with Crippen LogP contribution >= 0.6 is 11.3 Å². The van der Waals surface area contributed by atoms with E-state index >= 15 is 0 Å². The lowest BCUT2D eigenvalue weighted by Crippen LogP contribution is -2.16. The van der Waals surface area contributed by atoms with Gasteiger partial charge in [0.1, 0.15) is 0 Å². The molecule has 22 heavy (non-hydrogen) atoms. The van der Waals surface area contributed by atoms with Crippen molar-refractivity contribution in [2.45, 2.75) is 31.2 Å². The second-order valence-electron chi connectivity index (χ2n) is 4.71. The number of aromatic nitrogens is 1. The summed E-state index contributed by atoms with van der Waals surface area (Å²) in [6.45, 7) is 6.09. The molecule has 118 valence electrons. The maximum atomic E-state index is 11.8. The van der Waals surface area contributed by atoms with Crippen molar-refractivity contribution in [1.82, 2.24) is 4.57 Å². The minimum Gasteiger partial charge on any atom is -0.313 e. The molecule has 1 aromatic heterocycles. The highest BCUT2D eigenvalue weighted by Crippen LogP contribution is 2.21. The molecule has 0 bridgehead atoms. The van der Waals surface area contributed by atoms with Gasteiger partial charge in [0.05, 0.1) is 15.1 Å². The van der Waals surface area contributed by atoms with Crippen LogP contribution in [0.5, 0.6) is 0 Å². The highest BCUT2D eigenvalue weighted by Gasteiger charge is 2.12. The van der Waals surface area contributed by atoms with Crippen molar-refractivity contribution in [3.05, 3.63) is 35.7 Å². The number of allylic oxidation sites excluding steroid dienone is 1. The minimum atomic E-state index is -3.76. The van der Waals surface area contributed by atoms with E-state index in [4.69, 9.17) is 5.14 Å². The van der Waals surface area contributed by atoms with E-state index in [0.717, 1.165) is 11.9 Å². The Balaban J connectivity index is 2.68. The van der Waals surface area contributed by atoms with Gasteiger partial charge in [-0.05, 0) is 24.6 Å². The summed E-state index contributed by atoms with van der Waals surface area (Å²) in [5.41, 5.74) is 0.792. The van der Waals surface area contributed by atoms with Gasteiger partial charge in [0.25, 0.3) is 0 Å². The Bertz CT molecular complexity index is 892. The molecule has 0 atom stereocenters. The molecule has 0 saturated carbocycles. The number of amides is 1. The van der Waals surface area contributed by atoms with Crippen molar-refractivity contribution < 1.29 is 13.2 Å². The second kappa shape index (κ2) is 6.55. The molecule has 2 aromatic rings. The summed E-state index contributed by atoms with van der Waals surface area (Å²) in [4.78, 5) is 16.4. The molecular formula is C14H17N3O3S2. The summed E-state index contributed by atoms with van der Waals surface area (Å²) in [6, 6.07) is 4.61. The molecule has 1 amide bonds. The number of benzene rings is 1. The number of sulfonamides is 1. The van der Waals surface area contributed by atoms with Gasteiger partial charge in [0.2, 0.25) is 15.9 Å². The SMILES string of the molecule is C=CCn1c(=NC(=O)CCC)sc2cc(S(N)(=O)=O)ccc21. The quantitative estimate of drug-likeness (QED) is 0.841. The van der Waals surface area contributed by atoms with Crippen molar-refractivity contribution in [2.24, 2.45) is 10.1 Å². The number of hydrogen-bond donors (Lipinski definition) is 1. The summed E-state index contributed by atoms with van der Waals surface area (Å²) in [5.74, 6) is -0.196. The molecule has 1 aromatic carbocycles. The molecule has 0 fully saturated rings. The zero-order valence-corrected chi connectivity index (χ0v) is 13.8. The van der Waals surface area contributed by atoms with Gasteiger partial charge < -0.3 is 4.57 Å². The van der Waals surface area contributed by atoms with Gasteiger partial charge in [0.15, 0.2) is 4.80 Å². The van der Waals surface area contributed by atoms with Crippen LogP contribution in [0.3, 0.4) is 0 Å². The molecule has 1 heterocycles. The maximum Gasteiger partial charge on any atom is 0.248 e. The predicted molar refractivity (Wildman–Crippen MR) is 86.9 cm³/mol. The average molecular weight is 339 g/mol. The first-order valence-corrected chi connectivity index (χ1v) is 9.07. The summed E-state index contributed by atoms with van der Waals surface area (Å²) in [7, 11) is -3.76. The van der Waals surface area contributed by atoms with Crippen LogP contribution in [-0.4, -0.2) is 18.9 Å². The summed E-state index contributed by atoms with van der Waals surface area (Å²) in [6.07, 6.45) is 2.80. The number of nitrogens with two attached hydrogens (primary N) is 1. The lowest BCUT2D eigenvalue weighted by Gasteiger charge is -2.02. The summed E-state index contributed by atoms with van der Waals surface area (Å²) in [5, 5.41) is 5.15. The van der Waals surface area contributed by atoms with Crippen molar-refractivity contribution in [3.63, 3.8) is 0 Å². The van der Waals surface area contributed by atoms with Crippen LogP contribution in [0, 0.1) is 0 Å². The van der Waals surface area contributed by atoms with Crippen LogP contribution < -0.4 is 9.94 Å². The van der Waals surface area contributed by atoms with Crippen molar-refractivity contribution in [3.8, 4) is 0 Å². The Hall–Kier alpha value is -1.77. The molecule has 8 heteroatoms. The number of thiazole rings is 1. The van der Waals surface area contributed by atoms with Gasteiger partial charge in [-0.25, -0.2) is 13.6 Å². The van der Waals surface area contributed by atoms with E-state index < -0.39 is 10.0 Å². The van der Waals surface area contributed by atoms with Gasteiger partial charge in [0, 0.05) is 13.0 Å². The van der Waals surface area contributed by atoms with E-state index in [2.05, 4.69) is 11.6 Å². The molecule has 0 radical (unpaired) electrons. The van der Waals surface area contributed by atoms with Crippen LogP contribution in [0.1, 0.15) is 19.8 Å². The summed E-state index contributed by atoms with van der Waals surface area (Å²) >= 11 is 1.26. The largest absolute Gasteiger partial charge is 0.313 e.